The van der Waals surface area contributed by atoms with Gasteiger partial charge < -0.3 is 15.5 Å². The number of nitrogens with one attached hydrogen (secondary N) is 1. The second-order valence-corrected chi connectivity index (χ2v) is 5.49. The van der Waals surface area contributed by atoms with Crippen LogP contribution in [0.2, 0.25) is 0 Å². The maximum atomic E-state index is 13.1. The molecule has 110 valence electrons. The van der Waals surface area contributed by atoms with Crippen LogP contribution in [0.5, 0.6) is 0 Å². The Morgan fingerprint density at radius 1 is 1.35 bits per heavy atom. The quantitative estimate of drug-likeness (QED) is 0.754. The molecule has 1 fully saturated rings. The molecule has 2 atom stereocenters. The fourth-order valence-corrected chi connectivity index (χ4v) is 2.12. The van der Waals surface area contributed by atoms with Crippen molar-refractivity contribution in [3.05, 3.63) is 35.4 Å². The maximum Gasteiger partial charge on any atom is 0.224 e. The summed E-state index contributed by atoms with van der Waals surface area (Å²) in [7, 11) is 0. The largest absolute Gasteiger partial charge is 0.394 e. The first-order valence-corrected chi connectivity index (χ1v) is 6.39. The van der Waals surface area contributed by atoms with Gasteiger partial charge in [0, 0.05) is 5.92 Å². The van der Waals surface area contributed by atoms with Gasteiger partial charge in [0.2, 0.25) is 5.91 Å². The molecule has 0 saturated heterocycles. The highest BCUT2D eigenvalue weighted by molar-refractivity contribution is 5.83. The first kappa shape index (κ1) is 14.9. The number of hydrogen-bond donors (Lipinski definition) is 3. The van der Waals surface area contributed by atoms with Crippen LogP contribution in [-0.2, 0) is 4.79 Å². The van der Waals surface area contributed by atoms with E-state index in [2.05, 4.69) is 5.32 Å². The average Bonchev–Trinajstić information content (AvgIpc) is 3.22. The predicted octanol–water partition coefficient (Wildman–Crippen LogP) is 0.928. The number of halogens is 2. The fraction of sp³-hybridized carbons (Fsp3) is 0.500. The van der Waals surface area contributed by atoms with E-state index in [0.717, 1.165) is 12.1 Å². The van der Waals surface area contributed by atoms with Gasteiger partial charge in [-0.1, -0.05) is 6.07 Å². The Morgan fingerprint density at radius 3 is 2.55 bits per heavy atom. The maximum absolute atomic E-state index is 13.1. The molecule has 0 radical (unpaired) electrons. The van der Waals surface area contributed by atoms with Crippen molar-refractivity contribution < 1.29 is 23.8 Å². The van der Waals surface area contributed by atoms with Crippen LogP contribution in [0.4, 0.5) is 8.78 Å². The number of carbonyl (C=O) groups excluding carboxylic acids is 1. The molecule has 3 N–H and O–H groups in total. The molecule has 0 unspecified atom stereocenters. The molecule has 1 aromatic rings. The Balaban J connectivity index is 2.00. The highest BCUT2D eigenvalue weighted by atomic mass is 19.2. The number of amides is 1. The highest BCUT2D eigenvalue weighted by Gasteiger charge is 2.45. The van der Waals surface area contributed by atoms with Crippen molar-refractivity contribution in [1.29, 1.82) is 0 Å². The summed E-state index contributed by atoms with van der Waals surface area (Å²) in [5.74, 6) is -2.62. The Bertz CT molecular complexity index is 517. The van der Waals surface area contributed by atoms with E-state index in [0.29, 0.717) is 12.0 Å². The molecule has 1 aliphatic carbocycles. The third-order valence-corrected chi connectivity index (χ3v) is 3.62. The molecule has 6 heteroatoms. The van der Waals surface area contributed by atoms with Crippen molar-refractivity contribution in [3.63, 3.8) is 0 Å². The van der Waals surface area contributed by atoms with E-state index in [-0.39, 0.29) is 31.0 Å². The van der Waals surface area contributed by atoms with E-state index >= 15 is 0 Å². The van der Waals surface area contributed by atoms with Crippen molar-refractivity contribution >= 4 is 5.91 Å². The second kappa shape index (κ2) is 5.46. The summed E-state index contributed by atoms with van der Waals surface area (Å²) in [5, 5.41) is 20.8. The van der Waals surface area contributed by atoms with Gasteiger partial charge in [-0.05, 0) is 37.0 Å². The zero-order chi connectivity index (χ0) is 14.9. The van der Waals surface area contributed by atoms with Gasteiger partial charge in [-0.25, -0.2) is 8.78 Å². The summed E-state index contributed by atoms with van der Waals surface area (Å²) < 4.78 is 26.0. The van der Waals surface area contributed by atoms with Crippen LogP contribution < -0.4 is 5.32 Å². The molecule has 20 heavy (non-hydrogen) atoms. The molecule has 4 nitrogen and oxygen atoms in total. The van der Waals surface area contributed by atoms with Crippen molar-refractivity contribution in [1.82, 2.24) is 5.32 Å². The zero-order valence-corrected chi connectivity index (χ0v) is 11.1. The molecule has 1 aliphatic rings. The summed E-state index contributed by atoms with van der Waals surface area (Å²) >= 11 is 0. The van der Waals surface area contributed by atoms with Crippen LogP contribution in [0.15, 0.2) is 18.2 Å². The molecule has 0 heterocycles. The van der Waals surface area contributed by atoms with Crippen molar-refractivity contribution in [2.45, 2.75) is 24.8 Å². The summed E-state index contributed by atoms with van der Waals surface area (Å²) in [5.41, 5.74) is -0.489. The molecular weight excluding hydrogens is 268 g/mol. The fourth-order valence-electron chi connectivity index (χ4n) is 2.12. The van der Waals surface area contributed by atoms with Gasteiger partial charge in [0.25, 0.3) is 0 Å². The van der Waals surface area contributed by atoms with Gasteiger partial charge in [-0.3, -0.25) is 4.79 Å². The van der Waals surface area contributed by atoms with E-state index < -0.39 is 17.2 Å². The first-order chi connectivity index (χ1) is 9.40. The smallest absolute Gasteiger partial charge is 0.224 e. The first-order valence-electron chi connectivity index (χ1n) is 6.39. The van der Waals surface area contributed by atoms with Crippen LogP contribution in [0.3, 0.4) is 0 Å². The highest BCUT2D eigenvalue weighted by Crippen LogP contribution is 2.47. The Hall–Kier alpha value is -1.53. The lowest BCUT2D eigenvalue weighted by molar-refractivity contribution is -0.125. The van der Waals surface area contributed by atoms with Gasteiger partial charge in [-0.2, -0.15) is 0 Å². The molecule has 0 spiro atoms. The monoisotopic (exact) mass is 285 g/mol. The normalized spacial score (nSPS) is 21.6. The van der Waals surface area contributed by atoms with Gasteiger partial charge in [0.05, 0.1) is 18.8 Å². The van der Waals surface area contributed by atoms with E-state index in [1.54, 1.807) is 0 Å². The molecule has 1 saturated carbocycles. The summed E-state index contributed by atoms with van der Waals surface area (Å²) in [6.45, 7) is 0.773. The average molecular weight is 285 g/mol. The molecule has 0 aliphatic heterocycles. The summed E-state index contributed by atoms with van der Waals surface area (Å²) in [6.07, 6.45) is 0.545. The molecule has 1 amide bonds. The lowest BCUT2D eigenvalue weighted by atomic mass is 10.0. The minimum Gasteiger partial charge on any atom is -0.394 e. The Labute approximate surface area is 115 Å². The third-order valence-electron chi connectivity index (χ3n) is 3.62. The van der Waals surface area contributed by atoms with Crippen LogP contribution in [-0.4, -0.2) is 34.9 Å². The standard InChI is InChI=1S/C14H17F2NO3/c1-14(6-18,7-19)17-13(20)10-5-9(10)8-2-3-11(15)12(16)4-8/h2-4,9-10,18-19H,5-7H2,1H3,(H,17,20)/t9-,10-/m1/s1. The molecule has 1 aromatic carbocycles. The molecule has 0 aromatic heterocycles. The SMILES string of the molecule is CC(CO)(CO)NC(=O)[C@@H]1C[C@@H]1c1ccc(F)c(F)c1. The third kappa shape index (κ3) is 2.96. The minimum atomic E-state index is -1.07. The van der Waals surface area contributed by atoms with E-state index in [4.69, 9.17) is 10.2 Å². The van der Waals surface area contributed by atoms with Crippen molar-refractivity contribution in [2.24, 2.45) is 5.92 Å². The second-order valence-electron chi connectivity index (χ2n) is 5.49. The van der Waals surface area contributed by atoms with Gasteiger partial charge in [0.15, 0.2) is 11.6 Å². The van der Waals surface area contributed by atoms with Gasteiger partial charge >= 0.3 is 0 Å². The summed E-state index contributed by atoms with van der Waals surface area (Å²) in [4.78, 5) is 12.0. The lowest BCUT2D eigenvalue weighted by Gasteiger charge is -2.26. The number of benzene rings is 1. The molecular formula is C14H17F2NO3. The van der Waals surface area contributed by atoms with Gasteiger partial charge in [0.1, 0.15) is 0 Å². The molecule has 0 bridgehead atoms. The van der Waals surface area contributed by atoms with Crippen molar-refractivity contribution in [3.8, 4) is 0 Å². The Morgan fingerprint density at radius 2 is 2.00 bits per heavy atom. The summed E-state index contributed by atoms with van der Waals surface area (Å²) in [6, 6.07) is 3.61. The predicted molar refractivity (Wildman–Crippen MR) is 67.9 cm³/mol. The van der Waals surface area contributed by atoms with Crippen LogP contribution in [0.1, 0.15) is 24.8 Å². The van der Waals surface area contributed by atoms with E-state index in [1.165, 1.54) is 13.0 Å². The van der Waals surface area contributed by atoms with E-state index in [9.17, 15) is 13.6 Å². The van der Waals surface area contributed by atoms with Crippen molar-refractivity contribution in [2.75, 3.05) is 13.2 Å². The van der Waals surface area contributed by atoms with Crippen LogP contribution in [0.25, 0.3) is 0 Å². The topological polar surface area (TPSA) is 69.6 Å². The van der Waals surface area contributed by atoms with Gasteiger partial charge in [-0.15, -0.1) is 0 Å². The number of aliphatic hydroxyl groups is 2. The minimum absolute atomic E-state index is 0.147. The number of aliphatic hydroxyl groups excluding tert-OH is 2. The number of rotatable bonds is 5. The number of carbonyl (C=O) groups is 1. The van der Waals surface area contributed by atoms with E-state index in [1.807, 2.05) is 0 Å². The molecule has 2 rings (SSSR count). The Kier molecular flexibility index (Phi) is 4.06. The lowest BCUT2D eigenvalue weighted by Crippen LogP contribution is -2.52. The van der Waals surface area contributed by atoms with Crippen LogP contribution >= 0.6 is 0 Å². The van der Waals surface area contributed by atoms with Crippen LogP contribution in [0, 0.1) is 17.6 Å². The number of hydrogen-bond acceptors (Lipinski definition) is 3. The zero-order valence-electron chi connectivity index (χ0n) is 11.1.